The van der Waals surface area contributed by atoms with Crippen molar-refractivity contribution in [3.63, 3.8) is 0 Å². The van der Waals surface area contributed by atoms with Crippen molar-refractivity contribution < 1.29 is 13.2 Å². The van der Waals surface area contributed by atoms with Crippen LogP contribution in [-0.4, -0.2) is 10.2 Å². The number of nitrogens with zero attached hydrogens (tertiary/aromatic N) is 2. The van der Waals surface area contributed by atoms with Gasteiger partial charge in [0.25, 0.3) is 0 Å². The summed E-state index contributed by atoms with van der Waals surface area (Å²) in [5.41, 5.74) is 0.0995. The fourth-order valence-electron chi connectivity index (χ4n) is 1.45. The van der Waals surface area contributed by atoms with E-state index < -0.39 is 11.7 Å². The van der Waals surface area contributed by atoms with E-state index in [4.69, 9.17) is 5.26 Å². The summed E-state index contributed by atoms with van der Waals surface area (Å²) in [4.78, 5) is 0. The Labute approximate surface area is 88.5 Å². The average molecular weight is 225 g/mol. The van der Waals surface area contributed by atoms with Crippen LogP contribution in [0.2, 0.25) is 0 Å². The van der Waals surface area contributed by atoms with Crippen molar-refractivity contribution in [2.75, 3.05) is 0 Å². The molecule has 2 rings (SSSR count). The first-order valence-corrected chi connectivity index (χ1v) is 4.43. The molecule has 0 radical (unpaired) electrons. The number of aromatic amines is 1. The number of nitriles is 1. The number of hydrogen-bond donors (Lipinski definition) is 1. The summed E-state index contributed by atoms with van der Waals surface area (Å²) in [5, 5.41) is 15.2. The van der Waals surface area contributed by atoms with Crippen LogP contribution in [0.3, 0.4) is 0 Å². The zero-order valence-corrected chi connectivity index (χ0v) is 7.97. The summed E-state index contributed by atoms with van der Waals surface area (Å²) in [7, 11) is 0. The minimum atomic E-state index is -4.38. The molecular weight excluding hydrogens is 219 g/mol. The molecule has 1 aromatic carbocycles. The van der Waals surface area contributed by atoms with Crippen LogP contribution in [0.4, 0.5) is 13.2 Å². The smallest absolute Gasteiger partial charge is 0.278 e. The number of halogens is 3. The van der Waals surface area contributed by atoms with Crippen molar-refractivity contribution in [3.05, 3.63) is 29.5 Å². The van der Waals surface area contributed by atoms with Crippen LogP contribution >= 0.6 is 0 Å². The minimum Gasteiger partial charge on any atom is -0.278 e. The average Bonchev–Trinajstić information content (AvgIpc) is 2.60. The number of hydrogen-bond acceptors (Lipinski definition) is 2. The second-order valence-corrected chi connectivity index (χ2v) is 3.26. The van der Waals surface area contributed by atoms with Crippen LogP contribution < -0.4 is 0 Å². The van der Waals surface area contributed by atoms with Crippen LogP contribution in [0.5, 0.6) is 0 Å². The maximum absolute atomic E-state index is 12.4. The number of rotatable bonds is 1. The standard InChI is InChI=1S/C10H6F3N3/c11-10(12,13)6-1-2-8-7(5-6)9(3-4-14)16-15-8/h1-2,5H,3H2,(H,15,16). The van der Waals surface area contributed by atoms with Gasteiger partial charge in [0.05, 0.1) is 29.3 Å². The van der Waals surface area contributed by atoms with E-state index in [1.807, 2.05) is 6.07 Å². The molecule has 2 aromatic rings. The summed E-state index contributed by atoms with van der Waals surface area (Å²) in [6, 6.07) is 5.16. The van der Waals surface area contributed by atoms with E-state index >= 15 is 0 Å². The number of benzene rings is 1. The van der Waals surface area contributed by atoms with Gasteiger partial charge in [-0.1, -0.05) is 0 Å². The molecule has 0 saturated heterocycles. The van der Waals surface area contributed by atoms with Crippen LogP contribution in [0.1, 0.15) is 11.3 Å². The Kier molecular flexibility index (Phi) is 2.31. The molecule has 0 aliphatic heterocycles. The van der Waals surface area contributed by atoms with Crippen LogP contribution in [0.25, 0.3) is 10.9 Å². The highest BCUT2D eigenvalue weighted by molar-refractivity contribution is 5.82. The highest BCUT2D eigenvalue weighted by Crippen LogP contribution is 2.31. The number of alkyl halides is 3. The maximum atomic E-state index is 12.4. The van der Waals surface area contributed by atoms with Gasteiger partial charge in [-0.15, -0.1) is 0 Å². The molecule has 0 aliphatic rings. The van der Waals surface area contributed by atoms with Crippen LogP contribution in [-0.2, 0) is 12.6 Å². The van der Waals surface area contributed by atoms with Gasteiger partial charge >= 0.3 is 6.18 Å². The Morgan fingerprint density at radius 1 is 1.38 bits per heavy atom. The first-order valence-electron chi connectivity index (χ1n) is 4.43. The van der Waals surface area contributed by atoms with E-state index in [1.165, 1.54) is 6.07 Å². The Hall–Kier alpha value is -2.03. The van der Waals surface area contributed by atoms with Gasteiger partial charge in [-0.2, -0.15) is 23.5 Å². The number of fused-ring (bicyclic) bond motifs is 1. The molecule has 0 bridgehead atoms. The fraction of sp³-hybridized carbons (Fsp3) is 0.200. The monoisotopic (exact) mass is 225 g/mol. The zero-order chi connectivity index (χ0) is 11.8. The van der Waals surface area contributed by atoms with Gasteiger partial charge < -0.3 is 0 Å². The van der Waals surface area contributed by atoms with Crippen molar-refractivity contribution in [3.8, 4) is 6.07 Å². The van der Waals surface area contributed by atoms with E-state index in [9.17, 15) is 13.2 Å². The molecule has 6 heteroatoms. The molecule has 16 heavy (non-hydrogen) atoms. The predicted molar refractivity (Wildman–Crippen MR) is 50.4 cm³/mol. The van der Waals surface area contributed by atoms with E-state index in [0.29, 0.717) is 16.6 Å². The maximum Gasteiger partial charge on any atom is 0.416 e. The molecule has 0 spiro atoms. The quantitative estimate of drug-likeness (QED) is 0.811. The minimum absolute atomic E-state index is 0.0126. The second-order valence-electron chi connectivity index (χ2n) is 3.26. The lowest BCUT2D eigenvalue weighted by Crippen LogP contribution is -2.04. The van der Waals surface area contributed by atoms with Gasteiger partial charge in [0.1, 0.15) is 0 Å². The molecule has 0 amide bonds. The van der Waals surface area contributed by atoms with Gasteiger partial charge in [0.15, 0.2) is 0 Å². The Bertz CT molecular complexity index is 563. The Morgan fingerprint density at radius 3 is 2.75 bits per heavy atom. The molecule has 0 saturated carbocycles. The van der Waals surface area contributed by atoms with Gasteiger partial charge in [-0.05, 0) is 18.2 Å². The zero-order valence-electron chi connectivity index (χ0n) is 7.97. The van der Waals surface area contributed by atoms with E-state index in [2.05, 4.69) is 10.2 Å². The first kappa shape index (κ1) is 10.5. The van der Waals surface area contributed by atoms with E-state index in [0.717, 1.165) is 12.1 Å². The lowest BCUT2D eigenvalue weighted by Gasteiger charge is -2.05. The van der Waals surface area contributed by atoms with Gasteiger partial charge in [0.2, 0.25) is 0 Å². The molecule has 0 unspecified atom stereocenters. The molecule has 1 heterocycles. The second kappa shape index (κ2) is 3.52. The summed E-state index contributed by atoms with van der Waals surface area (Å²) < 4.78 is 37.3. The Morgan fingerprint density at radius 2 is 2.12 bits per heavy atom. The lowest BCUT2D eigenvalue weighted by atomic mass is 10.1. The van der Waals surface area contributed by atoms with E-state index in [-0.39, 0.29) is 6.42 Å². The fourth-order valence-corrected chi connectivity index (χ4v) is 1.45. The third kappa shape index (κ3) is 1.72. The largest absolute Gasteiger partial charge is 0.416 e. The number of H-pyrrole nitrogens is 1. The first-order chi connectivity index (χ1) is 7.52. The van der Waals surface area contributed by atoms with Crippen molar-refractivity contribution in [2.24, 2.45) is 0 Å². The van der Waals surface area contributed by atoms with E-state index in [1.54, 1.807) is 0 Å². The SMILES string of the molecule is N#CCc1n[nH]c2ccc(C(F)(F)F)cc12. The molecule has 0 atom stereocenters. The van der Waals surface area contributed by atoms with Crippen molar-refractivity contribution in [1.29, 1.82) is 5.26 Å². The number of nitrogens with one attached hydrogen (secondary N) is 1. The highest BCUT2D eigenvalue weighted by Gasteiger charge is 2.30. The molecule has 0 fully saturated rings. The third-order valence-corrected chi connectivity index (χ3v) is 2.22. The van der Waals surface area contributed by atoms with Crippen LogP contribution in [0.15, 0.2) is 18.2 Å². The lowest BCUT2D eigenvalue weighted by molar-refractivity contribution is -0.137. The summed E-state index contributed by atoms with van der Waals surface area (Å²) in [5.74, 6) is 0. The predicted octanol–water partition coefficient (Wildman–Crippen LogP) is 2.65. The van der Waals surface area contributed by atoms with Crippen molar-refractivity contribution >= 4 is 10.9 Å². The van der Waals surface area contributed by atoms with Gasteiger partial charge in [-0.3, -0.25) is 5.10 Å². The van der Waals surface area contributed by atoms with Gasteiger partial charge in [0, 0.05) is 5.39 Å². The normalized spacial score (nSPS) is 11.6. The molecule has 1 aromatic heterocycles. The Balaban J connectivity index is 2.60. The van der Waals surface area contributed by atoms with Crippen LogP contribution in [0, 0.1) is 11.3 Å². The molecule has 3 nitrogen and oxygen atoms in total. The molecule has 82 valence electrons. The van der Waals surface area contributed by atoms with Gasteiger partial charge in [-0.25, -0.2) is 0 Å². The van der Waals surface area contributed by atoms with Crippen molar-refractivity contribution in [2.45, 2.75) is 12.6 Å². The molecule has 0 aliphatic carbocycles. The third-order valence-electron chi connectivity index (χ3n) is 2.22. The summed E-state index contributed by atoms with van der Waals surface area (Å²) in [6.07, 6.45) is -4.39. The van der Waals surface area contributed by atoms with Crippen molar-refractivity contribution in [1.82, 2.24) is 10.2 Å². The number of aromatic nitrogens is 2. The summed E-state index contributed by atoms with van der Waals surface area (Å²) in [6.45, 7) is 0. The summed E-state index contributed by atoms with van der Waals surface area (Å²) >= 11 is 0. The molecular formula is C10H6F3N3. The highest BCUT2D eigenvalue weighted by atomic mass is 19.4. The topological polar surface area (TPSA) is 52.5 Å². The molecule has 1 N–H and O–H groups in total.